The number of hydrogen-bond donors (Lipinski definition) is 1. The third-order valence-corrected chi connectivity index (χ3v) is 3.52. The van der Waals surface area contributed by atoms with E-state index >= 15 is 0 Å². The van der Waals surface area contributed by atoms with Crippen LogP contribution in [0.2, 0.25) is 0 Å². The Kier molecular flexibility index (Phi) is 3.08. The lowest BCUT2D eigenvalue weighted by Crippen LogP contribution is -2.27. The van der Waals surface area contributed by atoms with Gasteiger partial charge in [-0.2, -0.15) is 0 Å². The molecule has 0 fully saturated rings. The molecule has 88 valence electrons. The van der Waals surface area contributed by atoms with Crippen molar-refractivity contribution >= 4 is 22.7 Å². The summed E-state index contributed by atoms with van der Waals surface area (Å²) < 4.78 is 12.3. The molecule has 1 aromatic heterocycles. The summed E-state index contributed by atoms with van der Waals surface area (Å²) in [5, 5.41) is 2.50. The van der Waals surface area contributed by atoms with Gasteiger partial charge in [-0.1, -0.05) is 22.2 Å². The summed E-state index contributed by atoms with van der Waals surface area (Å²) in [6.45, 7) is 1.55. The first-order valence-corrected chi connectivity index (χ1v) is 6.00. The van der Waals surface area contributed by atoms with Gasteiger partial charge in [-0.25, -0.2) is 4.79 Å². The number of amides is 1. The number of nitrogens with one attached hydrogen (secondary N) is 1. The van der Waals surface area contributed by atoms with Gasteiger partial charge in [-0.05, 0) is 12.1 Å². The van der Waals surface area contributed by atoms with Crippen molar-refractivity contribution in [3.8, 4) is 0 Å². The van der Waals surface area contributed by atoms with Gasteiger partial charge >= 0.3 is 11.6 Å². The van der Waals surface area contributed by atoms with E-state index in [9.17, 15) is 14.1 Å². The monoisotopic (exact) mass is 250 g/mol. The second kappa shape index (κ2) is 4.52. The van der Waals surface area contributed by atoms with Crippen molar-refractivity contribution in [1.29, 1.82) is 0 Å². The minimum absolute atomic E-state index is 0.373. The highest BCUT2D eigenvalue weighted by molar-refractivity contribution is 7.21. The second-order valence-electron chi connectivity index (χ2n) is 3.43. The molecule has 0 saturated heterocycles. The molecule has 0 aliphatic carbocycles. The van der Waals surface area contributed by atoms with Crippen LogP contribution in [0.5, 0.6) is 0 Å². The lowest BCUT2D eigenvalue weighted by molar-refractivity contribution is 0.254. The van der Waals surface area contributed by atoms with Crippen LogP contribution >= 0.6 is 10.9 Å². The van der Waals surface area contributed by atoms with Crippen molar-refractivity contribution in [2.45, 2.75) is 6.92 Å². The first-order chi connectivity index (χ1) is 8.09. The Labute approximate surface area is 100 Å². The van der Waals surface area contributed by atoms with Crippen LogP contribution in [0, 0.1) is 6.92 Å². The van der Waals surface area contributed by atoms with Gasteiger partial charge in [-0.3, -0.25) is 4.79 Å². The normalized spacial score (nSPS) is 11.3. The number of para-hydroxylation sites is 1. The Morgan fingerprint density at radius 1 is 1.35 bits per heavy atom. The highest BCUT2D eigenvalue weighted by Gasteiger charge is 2.19. The average molecular weight is 250 g/mol. The third kappa shape index (κ3) is 2.27. The number of carbonyl (C=O) groups excluding carboxylic acids is 1. The number of aromatic nitrogens is 1. The SMILES string of the molecule is Cc1cc(=O)n(C(=O)Nc2ccccc2)[s+]1[O-]. The summed E-state index contributed by atoms with van der Waals surface area (Å²) in [7, 11) is -1.71. The molecule has 1 aromatic carbocycles. The van der Waals surface area contributed by atoms with Gasteiger partial charge in [0.25, 0.3) is 0 Å². The second-order valence-corrected chi connectivity index (χ2v) is 4.94. The number of benzene rings is 1. The van der Waals surface area contributed by atoms with E-state index < -0.39 is 22.5 Å². The fourth-order valence-electron chi connectivity index (χ4n) is 1.38. The summed E-state index contributed by atoms with van der Waals surface area (Å²) in [5.41, 5.74) is -0.0129. The summed E-state index contributed by atoms with van der Waals surface area (Å²) in [5.74, 6) is 0. The Morgan fingerprint density at radius 3 is 2.53 bits per heavy atom. The highest BCUT2D eigenvalue weighted by Crippen LogP contribution is 2.16. The van der Waals surface area contributed by atoms with Crippen LogP contribution < -0.4 is 10.9 Å². The predicted octanol–water partition coefficient (Wildman–Crippen LogP) is 1.96. The predicted molar refractivity (Wildman–Crippen MR) is 65.0 cm³/mol. The number of carbonyl (C=O) groups is 1. The van der Waals surface area contributed by atoms with E-state index in [0.717, 1.165) is 0 Å². The van der Waals surface area contributed by atoms with Gasteiger partial charge in [0, 0.05) is 12.6 Å². The van der Waals surface area contributed by atoms with Crippen molar-refractivity contribution in [2.24, 2.45) is 0 Å². The molecule has 0 saturated carbocycles. The zero-order chi connectivity index (χ0) is 12.4. The molecule has 0 spiro atoms. The smallest absolute Gasteiger partial charge is 0.374 e. The number of rotatable bonds is 1. The minimum Gasteiger partial charge on any atom is -0.570 e. The summed E-state index contributed by atoms with van der Waals surface area (Å²) >= 11 is 0. The van der Waals surface area contributed by atoms with Gasteiger partial charge in [0.05, 0.1) is 17.0 Å². The number of anilines is 1. The van der Waals surface area contributed by atoms with Crippen molar-refractivity contribution < 1.29 is 9.35 Å². The van der Waals surface area contributed by atoms with E-state index in [1.54, 1.807) is 37.3 Å². The summed E-state index contributed by atoms with van der Waals surface area (Å²) in [4.78, 5) is 23.5. The van der Waals surface area contributed by atoms with Gasteiger partial charge in [0.1, 0.15) is 0 Å². The topological polar surface area (TPSA) is 74.2 Å². The zero-order valence-corrected chi connectivity index (χ0v) is 9.86. The molecule has 17 heavy (non-hydrogen) atoms. The van der Waals surface area contributed by atoms with E-state index in [1.807, 2.05) is 0 Å². The van der Waals surface area contributed by atoms with Crippen LogP contribution in [0.25, 0.3) is 0 Å². The fraction of sp³-hybridized carbons (Fsp3) is 0.0909. The quantitative estimate of drug-likeness (QED) is 0.786. The maximum Gasteiger partial charge on any atom is 0.374 e. The van der Waals surface area contributed by atoms with Gasteiger partial charge < -0.3 is 9.87 Å². The number of nitrogens with zero attached hydrogens (tertiary/aromatic N) is 1. The molecule has 1 unspecified atom stereocenters. The van der Waals surface area contributed by atoms with Gasteiger partial charge in [0.2, 0.25) is 0 Å². The number of aryl methyl sites for hydroxylation is 1. The minimum atomic E-state index is -1.71. The molecule has 1 amide bonds. The lowest BCUT2D eigenvalue weighted by atomic mass is 10.3. The molecule has 0 radical (unpaired) electrons. The molecular formula is C11H10N2O3S. The molecule has 0 aliphatic rings. The van der Waals surface area contributed by atoms with E-state index in [0.29, 0.717) is 14.5 Å². The van der Waals surface area contributed by atoms with Gasteiger partial charge in [0.15, 0.2) is 4.88 Å². The van der Waals surface area contributed by atoms with Crippen LogP contribution in [0.15, 0.2) is 41.2 Å². The van der Waals surface area contributed by atoms with Crippen molar-refractivity contribution in [3.05, 3.63) is 51.6 Å². The molecule has 1 atom stereocenters. The highest BCUT2D eigenvalue weighted by atomic mass is 32.2. The van der Waals surface area contributed by atoms with E-state index in [1.165, 1.54) is 6.07 Å². The molecule has 1 N–H and O–H groups in total. The Hall–Kier alpha value is -1.92. The van der Waals surface area contributed by atoms with Crippen LogP contribution in [-0.4, -0.2) is 14.5 Å². The van der Waals surface area contributed by atoms with Gasteiger partial charge in [-0.15, -0.1) is 0 Å². The average Bonchev–Trinajstić information content (AvgIpc) is 2.54. The van der Waals surface area contributed by atoms with Crippen molar-refractivity contribution in [2.75, 3.05) is 5.32 Å². The Morgan fingerprint density at radius 2 is 2.00 bits per heavy atom. The van der Waals surface area contributed by atoms with Crippen LogP contribution in [0.1, 0.15) is 4.88 Å². The molecule has 0 aliphatic heterocycles. The summed E-state index contributed by atoms with van der Waals surface area (Å²) in [6.07, 6.45) is 0. The molecule has 5 nitrogen and oxygen atoms in total. The third-order valence-electron chi connectivity index (χ3n) is 2.18. The van der Waals surface area contributed by atoms with E-state index in [-0.39, 0.29) is 0 Å². The summed E-state index contributed by atoms with van der Waals surface area (Å²) in [6, 6.07) is 9.18. The molecule has 1 heterocycles. The maximum absolute atomic E-state index is 11.7. The van der Waals surface area contributed by atoms with E-state index in [2.05, 4.69) is 5.32 Å². The molecule has 0 bridgehead atoms. The first kappa shape index (κ1) is 11.6. The lowest BCUT2D eigenvalue weighted by Gasteiger charge is -2.03. The Balaban J connectivity index is 2.30. The fourth-order valence-corrected chi connectivity index (χ4v) is 2.28. The van der Waals surface area contributed by atoms with Crippen molar-refractivity contribution in [1.82, 2.24) is 3.96 Å². The van der Waals surface area contributed by atoms with Crippen LogP contribution in [-0.2, 0) is 0 Å². The number of hydrogen-bond acceptors (Lipinski definition) is 3. The first-order valence-electron chi connectivity index (χ1n) is 4.90. The van der Waals surface area contributed by atoms with E-state index in [4.69, 9.17) is 0 Å². The maximum atomic E-state index is 11.7. The standard InChI is InChI=1S/C11H10N2O3S/c1-8-7-10(14)13(17(8)16)11(15)12-9-5-3-2-4-6-9/h2-7H,1H3,(H,12,15). The van der Waals surface area contributed by atoms with Crippen LogP contribution in [0.4, 0.5) is 10.5 Å². The van der Waals surface area contributed by atoms with Crippen LogP contribution in [0.3, 0.4) is 0 Å². The zero-order valence-electron chi connectivity index (χ0n) is 9.04. The molecule has 2 rings (SSSR count). The molecule has 6 heteroatoms. The van der Waals surface area contributed by atoms with Crippen molar-refractivity contribution in [3.63, 3.8) is 0 Å². The molecular weight excluding hydrogens is 240 g/mol. The largest absolute Gasteiger partial charge is 0.570 e. The molecule has 2 aromatic rings. The Bertz CT molecular complexity index is 601.